The fourth-order valence-electron chi connectivity index (χ4n) is 9.65. The Morgan fingerprint density at radius 3 is 1.00 bits per heavy atom. The van der Waals surface area contributed by atoms with Gasteiger partial charge in [0.2, 0.25) is 0 Å². The molecule has 2 nitrogen and oxygen atoms in total. The highest BCUT2D eigenvalue weighted by molar-refractivity contribution is 6.10. The summed E-state index contributed by atoms with van der Waals surface area (Å²) in [5.41, 5.74) is 18.3. The summed E-state index contributed by atoms with van der Waals surface area (Å²) in [7, 11) is 0. The van der Waals surface area contributed by atoms with Crippen molar-refractivity contribution in [1.29, 1.82) is 0 Å². The van der Waals surface area contributed by atoms with E-state index in [1.54, 1.807) is 0 Å². The number of aromatic nitrogens is 2. The van der Waals surface area contributed by atoms with Crippen LogP contribution in [-0.2, 0) is 10.8 Å². The third kappa shape index (κ3) is 3.43. The average Bonchev–Trinajstić information content (AvgIpc) is 3.80. The Bertz CT molecular complexity index is 2620. The van der Waals surface area contributed by atoms with E-state index in [4.69, 9.17) is 0 Å². The lowest BCUT2D eigenvalue weighted by Gasteiger charge is -2.26. The van der Waals surface area contributed by atoms with E-state index in [9.17, 15) is 0 Å². The molecule has 11 rings (SSSR count). The summed E-state index contributed by atoms with van der Waals surface area (Å²) in [6.45, 7) is 9.61. The van der Waals surface area contributed by atoms with Crippen LogP contribution in [0.15, 0.2) is 146 Å². The molecular formula is C48H36N2. The van der Waals surface area contributed by atoms with E-state index in [0.717, 1.165) is 0 Å². The van der Waals surface area contributed by atoms with Crippen LogP contribution < -0.4 is 0 Å². The molecule has 2 aliphatic carbocycles. The second kappa shape index (κ2) is 9.43. The molecule has 0 saturated carbocycles. The number of hydrogen-bond donors (Lipinski definition) is 0. The number of rotatable bonds is 2. The molecule has 0 N–H and O–H groups in total. The molecule has 2 aromatic heterocycles. The summed E-state index contributed by atoms with van der Waals surface area (Å²) >= 11 is 0. The second-order valence-electron chi connectivity index (χ2n) is 15.4. The molecule has 0 radical (unpaired) electrons. The second-order valence-corrected chi connectivity index (χ2v) is 15.4. The van der Waals surface area contributed by atoms with Crippen LogP contribution in [0.3, 0.4) is 0 Å². The fourth-order valence-corrected chi connectivity index (χ4v) is 9.65. The van der Waals surface area contributed by atoms with Gasteiger partial charge >= 0.3 is 0 Å². The Morgan fingerprint density at radius 1 is 0.320 bits per heavy atom. The third-order valence-electron chi connectivity index (χ3n) is 12.1. The normalized spacial score (nSPS) is 15.1. The van der Waals surface area contributed by atoms with E-state index < -0.39 is 0 Å². The van der Waals surface area contributed by atoms with Gasteiger partial charge in [0, 0.05) is 43.7 Å². The molecule has 9 aromatic rings. The molecule has 50 heavy (non-hydrogen) atoms. The van der Waals surface area contributed by atoms with Crippen LogP contribution in [0.1, 0.15) is 49.9 Å². The highest BCUT2D eigenvalue weighted by atomic mass is 15.0. The summed E-state index contributed by atoms with van der Waals surface area (Å²) in [6.07, 6.45) is 0. The van der Waals surface area contributed by atoms with Gasteiger partial charge in [0.15, 0.2) is 0 Å². The molecule has 0 fully saturated rings. The van der Waals surface area contributed by atoms with E-state index >= 15 is 0 Å². The first-order valence-electron chi connectivity index (χ1n) is 17.8. The summed E-state index contributed by atoms with van der Waals surface area (Å²) in [5, 5.41) is 5.17. The molecule has 0 aliphatic heterocycles. The Morgan fingerprint density at radius 2 is 0.640 bits per heavy atom. The van der Waals surface area contributed by atoms with Crippen molar-refractivity contribution in [3.05, 3.63) is 168 Å². The van der Waals surface area contributed by atoms with Crippen molar-refractivity contribution in [1.82, 2.24) is 9.13 Å². The van der Waals surface area contributed by atoms with Crippen molar-refractivity contribution >= 4 is 43.6 Å². The Kier molecular flexibility index (Phi) is 5.28. The van der Waals surface area contributed by atoms with Crippen LogP contribution in [0.4, 0.5) is 0 Å². The maximum atomic E-state index is 2.55. The van der Waals surface area contributed by atoms with E-state index in [0.29, 0.717) is 0 Å². The largest absolute Gasteiger partial charge is 0.309 e. The quantitative estimate of drug-likeness (QED) is 0.178. The van der Waals surface area contributed by atoms with Gasteiger partial charge < -0.3 is 9.13 Å². The highest BCUT2D eigenvalue weighted by Crippen LogP contribution is 2.56. The number of benzene rings is 7. The molecule has 0 amide bonds. The summed E-state index contributed by atoms with van der Waals surface area (Å²) in [4.78, 5) is 0. The van der Waals surface area contributed by atoms with Gasteiger partial charge in [0.05, 0.1) is 22.1 Å². The molecule has 2 heteroatoms. The van der Waals surface area contributed by atoms with Crippen molar-refractivity contribution < 1.29 is 0 Å². The van der Waals surface area contributed by atoms with Crippen molar-refractivity contribution in [2.45, 2.75) is 38.5 Å². The van der Waals surface area contributed by atoms with Crippen LogP contribution in [0.5, 0.6) is 0 Å². The van der Waals surface area contributed by atoms with Crippen molar-refractivity contribution in [3.8, 4) is 33.6 Å². The lowest BCUT2D eigenvalue weighted by atomic mass is 9.77. The smallest absolute Gasteiger partial charge is 0.0541 e. The zero-order valence-electron chi connectivity index (χ0n) is 28.8. The molecule has 0 unspecified atom stereocenters. The first kappa shape index (κ1) is 28.0. The predicted octanol–water partition coefficient (Wildman–Crippen LogP) is 12.5. The number of nitrogens with zero attached hydrogens (tertiary/aromatic N) is 2. The van der Waals surface area contributed by atoms with Gasteiger partial charge in [-0.05, 0) is 99.1 Å². The Labute approximate surface area is 291 Å². The van der Waals surface area contributed by atoms with Gasteiger partial charge in [-0.15, -0.1) is 0 Å². The first-order valence-corrected chi connectivity index (χ1v) is 17.8. The lowest BCUT2D eigenvalue weighted by molar-refractivity contribution is 0.639. The van der Waals surface area contributed by atoms with E-state index in [2.05, 4.69) is 182 Å². The summed E-state index contributed by atoms with van der Waals surface area (Å²) < 4.78 is 4.89. The average molecular weight is 641 g/mol. The van der Waals surface area contributed by atoms with Crippen LogP contribution in [0.2, 0.25) is 0 Å². The monoisotopic (exact) mass is 640 g/mol. The molecule has 2 heterocycles. The van der Waals surface area contributed by atoms with Gasteiger partial charge in [0.1, 0.15) is 0 Å². The van der Waals surface area contributed by atoms with E-state index in [1.807, 2.05) is 0 Å². The first-order chi connectivity index (χ1) is 24.3. The van der Waals surface area contributed by atoms with Crippen LogP contribution in [-0.4, -0.2) is 9.13 Å². The molecule has 0 saturated heterocycles. The zero-order chi connectivity index (χ0) is 33.5. The van der Waals surface area contributed by atoms with Crippen LogP contribution >= 0.6 is 0 Å². The summed E-state index contributed by atoms with van der Waals surface area (Å²) in [6, 6.07) is 54.6. The maximum absolute atomic E-state index is 2.55. The minimum Gasteiger partial charge on any atom is -0.309 e. The predicted molar refractivity (Wildman–Crippen MR) is 210 cm³/mol. The third-order valence-corrected chi connectivity index (χ3v) is 12.1. The minimum absolute atomic E-state index is 0.0992. The van der Waals surface area contributed by atoms with Gasteiger partial charge in [-0.25, -0.2) is 0 Å². The van der Waals surface area contributed by atoms with Crippen molar-refractivity contribution in [2.75, 3.05) is 0 Å². The molecule has 238 valence electrons. The van der Waals surface area contributed by atoms with Crippen molar-refractivity contribution in [3.63, 3.8) is 0 Å². The van der Waals surface area contributed by atoms with E-state index in [1.165, 1.54) is 99.5 Å². The molecular weight excluding hydrogens is 605 g/mol. The molecule has 0 atom stereocenters. The van der Waals surface area contributed by atoms with Crippen LogP contribution in [0.25, 0.3) is 77.2 Å². The maximum Gasteiger partial charge on any atom is 0.0541 e. The Balaban J connectivity index is 1.14. The van der Waals surface area contributed by atoms with Gasteiger partial charge in [-0.1, -0.05) is 119 Å². The minimum atomic E-state index is -0.0992. The van der Waals surface area contributed by atoms with Gasteiger partial charge in [0.25, 0.3) is 0 Å². The SMILES string of the molecule is CC1(C)c2ccc(-n3c4ccccc4c4ccccc43)cc2-c2cc3c(cc21)C(C)(C)c1ccc(-n2c4ccccc4c4ccccc42)cc1-3. The van der Waals surface area contributed by atoms with Crippen molar-refractivity contribution in [2.24, 2.45) is 0 Å². The lowest BCUT2D eigenvalue weighted by Crippen LogP contribution is -2.18. The summed E-state index contributed by atoms with van der Waals surface area (Å²) in [5.74, 6) is 0. The van der Waals surface area contributed by atoms with Crippen LogP contribution in [0, 0.1) is 0 Å². The topological polar surface area (TPSA) is 9.86 Å². The zero-order valence-corrected chi connectivity index (χ0v) is 28.8. The molecule has 7 aromatic carbocycles. The van der Waals surface area contributed by atoms with E-state index in [-0.39, 0.29) is 10.8 Å². The molecule has 0 spiro atoms. The molecule has 2 aliphatic rings. The molecule has 0 bridgehead atoms. The fraction of sp³-hybridized carbons (Fsp3) is 0.125. The van der Waals surface area contributed by atoms with Gasteiger partial charge in [-0.2, -0.15) is 0 Å². The Hall–Kier alpha value is -5.86. The van der Waals surface area contributed by atoms with Gasteiger partial charge in [-0.3, -0.25) is 0 Å². The number of para-hydroxylation sites is 4. The number of hydrogen-bond acceptors (Lipinski definition) is 0. The highest BCUT2D eigenvalue weighted by Gasteiger charge is 2.42. The standard InChI is InChI=1S/C48H36N2/c1-47(2)39-23-21-29(49-43-17-9-5-13-31(43)32-14-6-10-18-44(32)49)25-35(39)37-27-38-36-26-30(22-24-40(36)48(3,4)42(38)28-41(37)47)50-45-19-11-7-15-33(45)34-16-8-12-20-46(34)50/h5-28H,1-4H3. The number of fused-ring (bicyclic) bond motifs is 12.